The molecule has 0 spiro atoms. The van der Waals surface area contributed by atoms with Gasteiger partial charge in [-0.25, -0.2) is 0 Å². The molecule has 1 aliphatic rings. The zero-order chi connectivity index (χ0) is 14.9. The molecule has 4 heteroatoms. The molecule has 0 aromatic heterocycles. The first-order valence-electron chi connectivity index (χ1n) is 7.97. The molecule has 2 rings (SSSR count). The molecule has 1 aliphatic heterocycles. The summed E-state index contributed by atoms with van der Waals surface area (Å²) in [6.45, 7) is 7.62. The molecular weight excluding hydrogens is 262 g/mol. The Morgan fingerprint density at radius 2 is 2.29 bits per heavy atom. The van der Waals surface area contributed by atoms with Crippen LogP contribution in [0.4, 0.5) is 0 Å². The van der Waals surface area contributed by atoms with Gasteiger partial charge in [-0.3, -0.25) is 4.99 Å². The molecule has 116 valence electrons. The van der Waals surface area contributed by atoms with Gasteiger partial charge in [-0.15, -0.1) is 0 Å². The van der Waals surface area contributed by atoms with Crippen molar-refractivity contribution in [3.8, 4) is 0 Å². The van der Waals surface area contributed by atoms with Gasteiger partial charge in [0.25, 0.3) is 0 Å². The number of benzene rings is 1. The van der Waals surface area contributed by atoms with Gasteiger partial charge >= 0.3 is 0 Å². The van der Waals surface area contributed by atoms with Crippen LogP contribution in [0.15, 0.2) is 29.3 Å². The first kappa shape index (κ1) is 15.8. The van der Waals surface area contributed by atoms with Crippen LogP contribution in [0.1, 0.15) is 30.9 Å². The molecule has 1 aromatic carbocycles. The molecule has 0 saturated carbocycles. The SMILES string of the molecule is CCNC(=NCC1CCCO1)NCCc1cccc(C)c1. The highest BCUT2D eigenvalue weighted by Crippen LogP contribution is 2.11. The number of aryl methyl sites for hydroxylation is 1. The topological polar surface area (TPSA) is 45.7 Å². The highest BCUT2D eigenvalue weighted by Gasteiger charge is 2.14. The van der Waals surface area contributed by atoms with Crippen LogP contribution in [0.25, 0.3) is 0 Å². The number of hydrogen-bond donors (Lipinski definition) is 2. The van der Waals surface area contributed by atoms with Crippen LogP contribution in [0.2, 0.25) is 0 Å². The van der Waals surface area contributed by atoms with Gasteiger partial charge in [0, 0.05) is 19.7 Å². The lowest BCUT2D eigenvalue weighted by molar-refractivity contribution is 0.117. The molecule has 0 amide bonds. The van der Waals surface area contributed by atoms with Crippen molar-refractivity contribution < 1.29 is 4.74 Å². The van der Waals surface area contributed by atoms with Gasteiger partial charge in [0.2, 0.25) is 0 Å². The maximum atomic E-state index is 5.61. The van der Waals surface area contributed by atoms with Gasteiger partial charge in [0.05, 0.1) is 12.6 Å². The van der Waals surface area contributed by atoms with Crippen LogP contribution < -0.4 is 10.6 Å². The number of guanidine groups is 1. The highest BCUT2D eigenvalue weighted by molar-refractivity contribution is 5.79. The predicted octanol–water partition coefficient (Wildman–Crippen LogP) is 2.27. The molecule has 1 saturated heterocycles. The summed E-state index contributed by atoms with van der Waals surface area (Å²) in [5.41, 5.74) is 2.67. The normalized spacial score (nSPS) is 18.8. The molecule has 1 aromatic rings. The van der Waals surface area contributed by atoms with Crippen molar-refractivity contribution >= 4 is 5.96 Å². The summed E-state index contributed by atoms with van der Waals surface area (Å²) in [6, 6.07) is 8.65. The van der Waals surface area contributed by atoms with E-state index in [1.807, 2.05) is 0 Å². The number of nitrogens with zero attached hydrogens (tertiary/aromatic N) is 1. The fraction of sp³-hybridized carbons (Fsp3) is 0.588. The molecule has 2 N–H and O–H groups in total. The van der Waals surface area contributed by atoms with E-state index in [4.69, 9.17) is 4.74 Å². The molecule has 0 aliphatic carbocycles. The smallest absolute Gasteiger partial charge is 0.191 e. The summed E-state index contributed by atoms with van der Waals surface area (Å²) in [5.74, 6) is 0.889. The van der Waals surface area contributed by atoms with Crippen molar-refractivity contribution in [1.82, 2.24) is 10.6 Å². The van der Waals surface area contributed by atoms with E-state index in [-0.39, 0.29) is 0 Å². The predicted molar refractivity (Wildman–Crippen MR) is 87.8 cm³/mol. The Morgan fingerprint density at radius 1 is 1.38 bits per heavy atom. The molecule has 0 radical (unpaired) electrons. The summed E-state index contributed by atoms with van der Waals surface area (Å²) >= 11 is 0. The second-order valence-corrected chi connectivity index (χ2v) is 5.52. The summed E-state index contributed by atoms with van der Waals surface area (Å²) in [7, 11) is 0. The van der Waals surface area contributed by atoms with Crippen LogP contribution >= 0.6 is 0 Å². The van der Waals surface area contributed by atoms with Crippen LogP contribution in [0.5, 0.6) is 0 Å². The van der Waals surface area contributed by atoms with E-state index < -0.39 is 0 Å². The second kappa shape index (κ2) is 8.67. The summed E-state index contributed by atoms with van der Waals surface area (Å²) in [6.07, 6.45) is 3.60. The summed E-state index contributed by atoms with van der Waals surface area (Å²) < 4.78 is 5.61. The van der Waals surface area contributed by atoms with E-state index in [1.165, 1.54) is 11.1 Å². The van der Waals surface area contributed by atoms with E-state index in [1.54, 1.807) is 0 Å². The first-order valence-corrected chi connectivity index (χ1v) is 7.97. The van der Waals surface area contributed by atoms with Gasteiger partial charge in [-0.05, 0) is 38.7 Å². The molecular formula is C17H27N3O. The number of aliphatic imine (C=N–C) groups is 1. The van der Waals surface area contributed by atoms with Crippen molar-refractivity contribution in [3.63, 3.8) is 0 Å². The zero-order valence-electron chi connectivity index (χ0n) is 13.2. The summed E-state index contributed by atoms with van der Waals surface area (Å²) in [4.78, 5) is 4.61. The molecule has 4 nitrogen and oxygen atoms in total. The lowest BCUT2D eigenvalue weighted by atomic mass is 10.1. The lowest BCUT2D eigenvalue weighted by Gasteiger charge is -2.13. The largest absolute Gasteiger partial charge is 0.376 e. The van der Waals surface area contributed by atoms with Crippen LogP contribution in [0.3, 0.4) is 0 Å². The third kappa shape index (κ3) is 5.76. The molecule has 1 heterocycles. The van der Waals surface area contributed by atoms with Crippen LogP contribution in [-0.2, 0) is 11.2 Å². The average Bonchev–Trinajstić information content (AvgIpc) is 2.98. The van der Waals surface area contributed by atoms with Crippen molar-refractivity contribution in [3.05, 3.63) is 35.4 Å². The van der Waals surface area contributed by atoms with E-state index in [0.717, 1.165) is 51.5 Å². The minimum absolute atomic E-state index is 0.303. The summed E-state index contributed by atoms with van der Waals surface area (Å²) in [5, 5.41) is 6.68. The standard InChI is InChI=1S/C17H27N3O/c1-3-18-17(20-13-16-8-5-11-21-16)19-10-9-15-7-4-6-14(2)12-15/h4,6-7,12,16H,3,5,8-11,13H2,1-2H3,(H2,18,19,20). The van der Waals surface area contributed by atoms with Gasteiger partial charge < -0.3 is 15.4 Å². The Kier molecular flexibility index (Phi) is 6.54. The maximum Gasteiger partial charge on any atom is 0.191 e. The molecule has 1 atom stereocenters. The Balaban J connectivity index is 1.77. The minimum Gasteiger partial charge on any atom is -0.376 e. The molecule has 0 bridgehead atoms. The maximum absolute atomic E-state index is 5.61. The second-order valence-electron chi connectivity index (χ2n) is 5.52. The number of rotatable bonds is 6. The highest BCUT2D eigenvalue weighted by atomic mass is 16.5. The number of nitrogens with one attached hydrogen (secondary N) is 2. The molecule has 21 heavy (non-hydrogen) atoms. The van der Waals surface area contributed by atoms with E-state index >= 15 is 0 Å². The molecule has 1 unspecified atom stereocenters. The number of ether oxygens (including phenoxy) is 1. The Morgan fingerprint density at radius 3 is 3.00 bits per heavy atom. The van der Waals surface area contributed by atoms with Gasteiger partial charge in [-0.1, -0.05) is 29.8 Å². The fourth-order valence-corrected chi connectivity index (χ4v) is 2.52. The van der Waals surface area contributed by atoms with Crippen molar-refractivity contribution in [2.45, 2.75) is 39.2 Å². The van der Waals surface area contributed by atoms with E-state index in [9.17, 15) is 0 Å². The number of hydrogen-bond acceptors (Lipinski definition) is 2. The third-order valence-electron chi connectivity index (χ3n) is 3.61. The van der Waals surface area contributed by atoms with Gasteiger partial charge in [-0.2, -0.15) is 0 Å². The monoisotopic (exact) mass is 289 g/mol. The van der Waals surface area contributed by atoms with Crippen LogP contribution in [0, 0.1) is 6.92 Å². The fourth-order valence-electron chi connectivity index (χ4n) is 2.52. The van der Waals surface area contributed by atoms with E-state index in [2.05, 4.69) is 53.7 Å². The van der Waals surface area contributed by atoms with E-state index in [0.29, 0.717) is 6.10 Å². The van der Waals surface area contributed by atoms with Gasteiger partial charge in [0.15, 0.2) is 5.96 Å². The quantitative estimate of drug-likeness (QED) is 0.624. The van der Waals surface area contributed by atoms with Crippen molar-refractivity contribution in [2.75, 3.05) is 26.2 Å². The average molecular weight is 289 g/mol. The zero-order valence-corrected chi connectivity index (χ0v) is 13.2. The van der Waals surface area contributed by atoms with Gasteiger partial charge in [0.1, 0.15) is 0 Å². The Hall–Kier alpha value is -1.55. The van der Waals surface area contributed by atoms with Crippen molar-refractivity contribution in [2.24, 2.45) is 4.99 Å². The Labute approximate surface area is 128 Å². The third-order valence-corrected chi connectivity index (χ3v) is 3.61. The first-order chi connectivity index (χ1) is 10.3. The Bertz CT molecular complexity index is 453. The van der Waals surface area contributed by atoms with Crippen LogP contribution in [-0.4, -0.2) is 38.3 Å². The lowest BCUT2D eigenvalue weighted by Crippen LogP contribution is -2.38. The molecule has 1 fully saturated rings. The minimum atomic E-state index is 0.303. The van der Waals surface area contributed by atoms with Crippen molar-refractivity contribution in [1.29, 1.82) is 0 Å².